The van der Waals surface area contributed by atoms with Gasteiger partial charge in [-0.2, -0.15) is 0 Å². The van der Waals surface area contributed by atoms with E-state index in [0.29, 0.717) is 17.8 Å². The lowest BCUT2D eigenvalue weighted by atomic mass is 10.1. The number of anilines is 1. The smallest absolute Gasteiger partial charge is 0.307 e. The molecule has 0 heterocycles. The number of hydrogen-bond acceptors (Lipinski definition) is 4. The zero-order valence-corrected chi connectivity index (χ0v) is 15.0. The Morgan fingerprint density at radius 2 is 1.88 bits per heavy atom. The number of carbonyl (C=O) groups is 3. The second-order valence-corrected chi connectivity index (χ2v) is 7.24. The molecule has 25 heavy (non-hydrogen) atoms. The van der Waals surface area contributed by atoms with Gasteiger partial charge in [-0.05, 0) is 37.7 Å². The number of likely N-dealkylation sites (N-methyl/N-ethyl adjacent to an activating group) is 1. The topological polar surface area (TPSA) is 98.7 Å². The highest BCUT2D eigenvalue weighted by Gasteiger charge is 2.65. The van der Waals surface area contributed by atoms with Crippen molar-refractivity contribution >= 4 is 23.5 Å². The first-order valence-electron chi connectivity index (χ1n) is 8.21. The van der Waals surface area contributed by atoms with Gasteiger partial charge < -0.3 is 20.6 Å². The Bertz CT molecular complexity index is 685. The van der Waals surface area contributed by atoms with Crippen LogP contribution in [-0.2, 0) is 9.59 Å². The minimum Gasteiger partial charge on any atom is -0.481 e. The molecule has 0 aliphatic heterocycles. The van der Waals surface area contributed by atoms with Crippen molar-refractivity contribution in [1.82, 2.24) is 10.2 Å². The molecule has 0 radical (unpaired) electrons. The van der Waals surface area contributed by atoms with Crippen LogP contribution in [0.2, 0.25) is 0 Å². The average molecular weight is 347 g/mol. The summed E-state index contributed by atoms with van der Waals surface area (Å²) in [6.07, 6.45) is 0. The van der Waals surface area contributed by atoms with Crippen LogP contribution >= 0.6 is 0 Å². The van der Waals surface area contributed by atoms with Gasteiger partial charge in [0.05, 0.1) is 11.8 Å². The molecule has 1 aromatic carbocycles. The van der Waals surface area contributed by atoms with E-state index >= 15 is 0 Å². The van der Waals surface area contributed by atoms with Crippen molar-refractivity contribution in [3.63, 3.8) is 0 Å². The summed E-state index contributed by atoms with van der Waals surface area (Å²) in [5, 5.41) is 14.7. The van der Waals surface area contributed by atoms with E-state index in [2.05, 4.69) is 10.6 Å². The number of carbonyl (C=O) groups excluding carboxylic acids is 2. The fourth-order valence-corrected chi connectivity index (χ4v) is 3.04. The Kier molecular flexibility index (Phi) is 5.47. The van der Waals surface area contributed by atoms with Crippen LogP contribution in [0, 0.1) is 17.3 Å². The van der Waals surface area contributed by atoms with Gasteiger partial charge in [0, 0.05) is 24.3 Å². The normalized spacial score (nSPS) is 20.8. The second-order valence-electron chi connectivity index (χ2n) is 7.24. The van der Waals surface area contributed by atoms with E-state index in [-0.39, 0.29) is 11.8 Å². The summed E-state index contributed by atoms with van der Waals surface area (Å²) in [7, 11) is 3.85. The molecule has 136 valence electrons. The molecular formula is C18H25N3O4. The molecule has 2 amide bonds. The number of nitrogens with one attached hydrogen (secondary N) is 2. The van der Waals surface area contributed by atoms with Crippen molar-refractivity contribution < 1.29 is 19.5 Å². The first-order valence-corrected chi connectivity index (χ1v) is 8.21. The summed E-state index contributed by atoms with van der Waals surface area (Å²) in [6.45, 7) is 4.80. The number of nitrogens with zero attached hydrogens (tertiary/aromatic N) is 1. The van der Waals surface area contributed by atoms with Crippen LogP contribution in [0.5, 0.6) is 0 Å². The van der Waals surface area contributed by atoms with Crippen LogP contribution in [-0.4, -0.2) is 55.0 Å². The molecule has 0 unspecified atom stereocenters. The fourth-order valence-electron chi connectivity index (χ4n) is 3.04. The highest BCUT2D eigenvalue weighted by molar-refractivity contribution is 6.01. The number of rotatable bonds is 7. The van der Waals surface area contributed by atoms with Crippen LogP contribution in [0.25, 0.3) is 0 Å². The summed E-state index contributed by atoms with van der Waals surface area (Å²) in [4.78, 5) is 37.7. The first kappa shape index (κ1) is 18.9. The van der Waals surface area contributed by atoms with Crippen molar-refractivity contribution in [2.45, 2.75) is 13.8 Å². The number of aliphatic carboxylic acids is 1. The summed E-state index contributed by atoms with van der Waals surface area (Å²) in [5.41, 5.74) is 0.371. The van der Waals surface area contributed by atoms with Crippen LogP contribution < -0.4 is 10.6 Å². The van der Waals surface area contributed by atoms with Gasteiger partial charge in [-0.3, -0.25) is 14.4 Å². The molecule has 0 bridgehead atoms. The van der Waals surface area contributed by atoms with Gasteiger partial charge in [0.2, 0.25) is 5.91 Å². The Labute approximate surface area is 147 Å². The van der Waals surface area contributed by atoms with Crippen molar-refractivity contribution in [3.05, 3.63) is 29.8 Å². The lowest BCUT2D eigenvalue weighted by Gasteiger charge is -2.11. The molecule has 1 saturated carbocycles. The Morgan fingerprint density at radius 1 is 1.20 bits per heavy atom. The van der Waals surface area contributed by atoms with Gasteiger partial charge in [0.25, 0.3) is 5.91 Å². The standard InChI is InChI=1S/C18H25N3O4/c1-18(2)13(14(18)17(24)25)16(23)20-12-7-5-6-11(10-12)15(22)19-8-9-21(3)4/h5-7,10,13-14H,8-9H2,1-4H3,(H,19,22)(H,20,23)(H,24,25)/t13-,14+/m1/s1. The predicted molar refractivity (Wildman–Crippen MR) is 94.4 cm³/mol. The van der Waals surface area contributed by atoms with Crippen LogP contribution in [0.15, 0.2) is 24.3 Å². The fraction of sp³-hybridized carbons (Fsp3) is 0.500. The van der Waals surface area contributed by atoms with Crippen LogP contribution in [0.3, 0.4) is 0 Å². The van der Waals surface area contributed by atoms with Crippen molar-refractivity contribution in [1.29, 1.82) is 0 Å². The molecule has 2 rings (SSSR count). The molecule has 2 atom stereocenters. The maximum Gasteiger partial charge on any atom is 0.307 e. The van der Waals surface area contributed by atoms with E-state index in [0.717, 1.165) is 6.54 Å². The van der Waals surface area contributed by atoms with Crippen molar-refractivity contribution in [2.24, 2.45) is 17.3 Å². The van der Waals surface area contributed by atoms with Crippen LogP contribution in [0.1, 0.15) is 24.2 Å². The number of carboxylic acids is 1. The number of hydrogen-bond donors (Lipinski definition) is 3. The van der Waals surface area contributed by atoms with E-state index < -0.39 is 23.2 Å². The highest BCUT2D eigenvalue weighted by Crippen LogP contribution is 2.58. The van der Waals surface area contributed by atoms with Gasteiger partial charge in [-0.1, -0.05) is 19.9 Å². The molecule has 1 aliphatic carbocycles. The van der Waals surface area contributed by atoms with Crippen LogP contribution in [0.4, 0.5) is 5.69 Å². The summed E-state index contributed by atoms with van der Waals surface area (Å²) >= 11 is 0. The highest BCUT2D eigenvalue weighted by atomic mass is 16.4. The zero-order chi connectivity index (χ0) is 18.8. The maximum atomic E-state index is 12.4. The van der Waals surface area contributed by atoms with E-state index in [4.69, 9.17) is 0 Å². The summed E-state index contributed by atoms with van der Waals surface area (Å²) in [6, 6.07) is 6.62. The lowest BCUT2D eigenvalue weighted by Crippen LogP contribution is -2.31. The maximum absolute atomic E-state index is 12.4. The summed E-state index contributed by atoms with van der Waals surface area (Å²) < 4.78 is 0. The summed E-state index contributed by atoms with van der Waals surface area (Å²) in [5.74, 6) is -2.75. The Morgan fingerprint density at radius 3 is 2.44 bits per heavy atom. The molecule has 1 aromatic rings. The molecule has 0 saturated heterocycles. The third-order valence-electron chi connectivity index (χ3n) is 4.61. The monoisotopic (exact) mass is 347 g/mol. The molecule has 0 spiro atoms. The molecule has 1 fully saturated rings. The molecule has 1 aliphatic rings. The SMILES string of the molecule is CN(C)CCNC(=O)c1cccc(NC(=O)[C@H]2[C@@H](C(=O)O)C2(C)C)c1. The Hall–Kier alpha value is -2.41. The molecular weight excluding hydrogens is 322 g/mol. The van der Waals surface area contributed by atoms with Crippen molar-refractivity contribution in [2.75, 3.05) is 32.5 Å². The molecule has 7 nitrogen and oxygen atoms in total. The number of carboxylic acid groups (broad SMARTS) is 1. The van der Waals surface area contributed by atoms with Gasteiger partial charge in [-0.15, -0.1) is 0 Å². The molecule has 7 heteroatoms. The minimum atomic E-state index is -0.959. The predicted octanol–water partition coefficient (Wildman–Crippen LogP) is 1.27. The molecule has 3 N–H and O–H groups in total. The van der Waals surface area contributed by atoms with E-state index in [1.165, 1.54) is 0 Å². The molecule has 0 aromatic heterocycles. The zero-order valence-electron chi connectivity index (χ0n) is 15.0. The quantitative estimate of drug-likeness (QED) is 0.690. The minimum absolute atomic E-state index is 0.215. The largest absolute Gasteiger partial charge is 0.481 e. The Balaban J connectivity index is 1.99. The van der Waals surface area contributed by atoms with E-state index in [1.807, 2.05) is 19.0 Å². The number of benzene rings is 1. The second kappa shape index (κ2) is 7.23. The van der Waals surface area contributed by atoms with Gasteiger partial charge in [-0.25, -0.2) is 0 Å². The average Bonchev–Trinajstić information content (AvgIpc) is 3.10. The van der Waals surface area contributed by atoms with Gasteiger partial charge >= 0.3 is 5.97 Å². The third-order valence-corrected chi connectivity index (χ3v) is 4.61. The lowest BCUT2D eigenvalue weighted by molar-refractivity contribution is -0.140. The van der Waals surface area contributed by atoms with E-state index in [1.54, 1.807) is 38.1 Å². The third kappa shape index (κ3) is 4.36. The van der Waals surface area contributed by atoms with Crippen molar-refractivity contribution in [3.8, 4) is 0 Å². The van der Waals surface area contributed by atoms with Gasteiger partial charge in [0.15, 0.2) is 0 Å². The first-order chi connectivity index (χ1) is 11.6. The van der Waals surface area contributed by atoms with Gasteiger partial charge in [0.1, 0.15) is 0 Å². The van der Waals surface area contributed by atoms with E-state index in [9.17, 15) is 19.5 Å². The number of amides is 2.